The third kappa shape index (κ3) is 5.95. The zero-order valence-electron chi connectivity index (χ0n) is 16.4. The lowest BCUT2D eigenvalue weighted by Crippen LogP contribution is -2.32. The molecule has 0 aliphatic carbocycles. The van der Waals surface area contributed by atoms with Crippen molar-refractivity contribution in [3.8, 4) is 0 Å². The van der Waals surface area contributed by atoms with Gasteiger partial charge >= 0.3 is 0 Å². The van der Waals surface area contributed by atoms with E-state index in [2.05, 4.69) is 22.6 Å². The zero-order chi connectivity index (χ0) is 20.8. The van der Waals surface area contributed by atoms with Crippen LogP contribution in [0.3, 0.4) is 0 Å². The van der Waals surface area contributed by atoms with Gasteiger partial charge in [-0.3, -0.25) is 9.59 Å². The lowest BCUT2D eigenvalue weighted by molar-refractivity contribution is 0.0947. The third-order valence-corrected chi connectivity index (χ3v) is 5.93. The molecule has 0 unspecified atom stereocenters. The van der Waals surface area contributed by atoms with Crippen LogP contribution < -0.4 is 10.6 Å². The highest BCUT2D eigenvalue weighted by molar-refractivity contribution is 6.36. The van der Waals surface area contributed by atoms with Gasteiger partial charge in [-0.25, -0.2) is 0 Å². The van der Waals surface area contributed by atoms with Gasteiger partial charge in [0.25, 0.3) is 11.8 Å². The number of likely N-dealkylation sites (tertiary alicyclic amines) is 1. The molecule has 29 heavy (non-hydrogen) atoms. The lowest BCUT2D eigenvalue weighted by Gasteiger charge is -2.28. The lowest BCUT2D eigenvalue weighted by atomic mass is 9.94. The summed E-state index contributed by atoms with van der Waals surface area (Å²) < 4.78 is 0. The molecule has 2 N–H and O–H groups in total. The van der Waals surface area contributed by atoms with Gasteiger partial charge in [-0.15, -0.1) is 0 Å². The second kappa shape index (κ2) is 10.1. The minimum absolute atomic E-state index is 0.178. The van der Waals surface area contributed by atoms with Gasteiger partial charge in [-0.1, -0.05) is 35.3 Å². The number of hydrogen-bond acceptors (Lipinski definition) is 3. The van der Waals surface area contributed by atoms with Gasteiger partial charge in [-0.05, 0) is 75.6 Å². The highest BCUT2D eigenvalue weighted by Gasteiger charge is 2.17. The first-order valence-corrected chi connectivity index (χ1v) is 10.5. The minimum Gasteiger partial charge on any atom is -0.352 e. The van der Waals surface area contributed by atoms with Crippen LogP contribution in [-0.2, 0) is 0 Å². The fourth-order valence-corrected chi connectivity index (χ4v) is 3.83. The maximum absolute atomic E-state index is 12.5. The third-order valence-electron chi connectivity index (χ3n) is 5.27. The smallest absolute Gasteiger partial charge is 0.257 e. The van der Waals surface area contributed by atoms with E-state index in [1.807, 2.05) is 0 Å². The van der Waals surface area contributed by atoms with Gasteiger partial charge in [0.15, 0.2) is 0 Å². The van der Waals surface area contributed by atoms with E-state index in [1.54, 1.807) is 42.5 Å². The van der Waals surface area contributed by atoms with Crippen molar-refractivity contribution in [3.63, 3.8) is 0 Å². The molecule has 5 nitrogen and oxygen atoms in total. The van der Waals surface area contributed by atoms with Crippen LogP contribution in [0, 0.1) is 5.92 Å². The fraction of sp³-hybridized carbons (Fsp3) is 0.364. The van der Waals surface area contributed by atoms with E-state index in [1.165, 1.54) is 12.8 Å². The van der Waals surface area contributed by atoms with E-state index in [0.717, 1.165) is 19.5 Å². The molecule has 3 rings (SSSR count). The van der Waals surface area contributed by atoms with Gasteiger partial charge in [0, 0.05) is 12.1 Å². The first kappa shape index (κ1) is 21.6. The standard InChI is InChI=1S/C22H25Cl2N3O2/c1-27-12-9-15(10-13-27)8-11-25-21(28)16-6-7-19(24)20(14-16)26-22(29)17-4-2-3-5-18(17)23/h2-7,14-15H,8-13H2,1H3,(H,25,28)(H,26,29). The van der Waals surface area contributed by atoms with Crippen molar-refractivity contribution in [1.29, 1.82) is 0 Å². The van der Waals surface area contributed by atoms with Crippen LogP contribution in [0.5, 0.6) is 0 Å². The highest BCUT2D eigenvalue weighted by atomic mass is 35.5. The number of nitrogens with one attached hydrogen (secondary N) is 2. The molecule has 2 aromatic rings. The normalized spacial score (nSPS) is 15.1. The molecule has 1 heterocycles. The average Bonchev–Trinajstić information content (AvgIpc) is 2.71. The van der Waals surface area contributed by atoms with Crippen molar-refractivity contribution < 1.29 is 9.59 Å². The minimum atomic E-state index is -0.377. The molecule has 1 saturated heterocycles. The Labute approximate surface area is 181 Å². The van der Waals surface area contributed by atoms with Crippen LogP contribution in [-0.4, -0.2) is 43.4 Å². The van der Waals surface area contributed by atoms with E-state index in [-0.39, 0.29) is 11.8 Å². The number of hydrogen-bond donors (Lipinski definition) is 2. The van der Waals surface area contributed by atoms with E-state index in [4.69, 9.17) is 23.2 Å². The number of carbonyl (C=O) groups is 2. The summed E-state index contributed by atoms with van der Waals surface area (Å²) in [7, 11) is 2.14. The number of anilines is 1. The first-order chi connectivity index (χ1) is 13.9. The number of amides is 2. The molecule has 7 heteroatoms. The SMILES string of the molecule is CN1CCC(CCNC(=O)c2ccc(Cl)c(NC(=O)c3ccccc3Cl)c2)CC1. The molecule has 0 radical (unpaired) electrons. The van der Waals surface area contributed by atoms with E-state index < -0.39 is 0 Å². The van der Waals surface area contributed by atoms with Crippen LogP contribution in [0.4, 0.5) is 5.69 Å². The first-order valence-electron chi connectivity index (χ1n) is 9.76. The van der Waals surface area contributed by atoms with Crippen LogP contribution in [0.2, 0.25) is 10.0 Å². The van der Waals surface area contributed by atoms with Crippen molar-refractivity contribution in [2.45, 2.75) is 19.3 Å². The van der Waals surface area contributed by atoms with Gasteiger partial charge in [0.2, 0.25) is 0 Å². The molecule has 2 aromatic carbocycles. The average molecular weight is 434 g/mol. The van der Waals surface area contributed by atoms with Crippen LogP contribution in [0.25, 0.3) is 0 Å². The van der Waals surface area contributed by atoms with Crippen molar-refractivity contribution in [3.05, 3.63) is 63.6 Å². The number of carbonyl (C=O) groups excluding carboxylic acids is 2. The zero-order valence-corrected chi connectivity index (χ0v) is 17.9. The molecular weight excluding hydrogens is 409 g/mol. The summed E-state index contributed by atoms with van der Waals surface area (Å²) in [6, 6.07) is 11.6. The Morgan fingerprint density at radius 2 is 1.76 bits per heavy atom. The van der Waals surface area contributed by atoms with Crippen molar-refractivity contribution in [1.82, 2.24) is 10.2 Å². The van der Waals surface area contributed by atoms with E-state index in [9.17, 15) is 9.59 Å². The topological polar surface area (TPSA) is 61.4 Å². The Morgan fingerprint density at radius 1 is 1.03 bits per heavy atom. The molecule has 0 spiro atoms. The fourth-order valence-electron chi connectivity index (χ4n) is 3.44. The maximum Gasteiger partial charge on any atom is 0.257 e. The molecule has 1 aliphatic rings. The number of benzene rings is 2. The molecular formula is C22H25Cl2N3O2. The van der Waals surface area contributed by atoms with Crippen LogP contribution in [0.15, 0.2) is 42.5 Å². The molecule has 154 valence electrons. The molecule has 0 saturated carbocycles. The molecule has 0 bridgehead atoms. The summed E-state index contributed by atoms with van der Waals surface area (Å²) in [6.07, 6.45) is 3.32. The monoisotopic (exact) mass is 433 g/mol. The molecule has 2 amide bonds. The summed E-state index contributed by atoms with van der Waals surface area (Å²) in [6.45, 7) is 2.87. The Kier molecular flexibility index (Phi) is 7.53. The number of piperidine rings is 1. The predicted molar refractivity (Wildman–Crippen MR) is 118 cm³/mol. The molecule has 1 fully saturated rings. The highest BCUT2D eigenvalue weighted by Crippen LogP contribution is 2.25. The summed E-state index contributed by atoms with van der Waals surface area (Å²) >= 11 is 12.3. The second-order valence-corrected chi connectivity index (χ2v) is 8.23. The van der Waals surface area contributed by atoms with Crippen molar-refractivity contribution in [2.24, 2.45) is 5.92 Å². The summed E-state index contributed by atoms with van der Waals surface area (Å²) in [5.74, 6) is 0.0994. The van der Waals surface area contributed by atoms with E-state index >= 15 is 0 Å². The number of halogens is 2. The van der Waals surface area contributed by atoms with Crippen LogP contribution in [0.1, 0.15) is 40.0 Å². The molecule has 0 atom stereocenters. The van der Waals surface area contributed by atoms with Gasteiger partial charge in [-0.2, -0.15) is 0 Å². The predicted octanol–water partition coefficient (Wildman–Crippen LogP) is 4.71. The second-order valence-electron chi connectivity index (χ2n) is 7.42. The van der Waals surface area contributed by atoms with Crippen molar-refractivity contribution >= 4 is 40.7 Å². The summed E-state index contributed by atoms with van der Waals surface area (Å²) in [4.78, 5) is 27.3. The Balaban J connectivity index is 1.58. The Morgan fingerprint density at radius 3 is 2.48 bits per heavy atom. The largest absolute Gasteiger partial charge is 0.352 e. The molecule has 0 aromatic heterocycles. The van der Waals surface area contributed by atoms with Gasteiger partial charge < -0.3 is 15.5 Å². The summed E-state index contributed by atoms with van der Waals surface area (Å²) in [5.41, 5.74) is 1.17. The van der Waals surface area contributed by atoms with Gasteiger partial charge in [0.05, 0.1) is 21.3 Å². The molecule has 1 aliphatic heterocycles. The number of rotatable bonds is 6. The van der Waals surface area contributed by atoms with Crippen LogP contribution >= 0.6 is 23.2 Å². The maximum atomic E-state index is 12.5. The van der Waals surface area contributed by atoms with Crippen molar-refractivity contribution in [2.75, 3.05) is 32.0 Å². The number of nitrogens with zero attached hydrogens (tertiary/aromatic N) is 1. The Hall–Kier alpha value is -2.08. The summed E-state index contributed by atoms with van der Waals surface area (Å²) in [5, 5.41) is 6.41. The quantitative estimate of drug-likeness (QED) is 0.693. The van der Waals surface area contributed by atoms with Gasteiger partial charge in [0.1, 0.15) is 0 Å². The Bertz CT molecular complexity index is 880. The van der Waals surface area contributed by atoms with E-state index in [0.29, 0.717) is 39.3 Å².